The van der Waals surface area contributed by atoms with E-state index in [-0.39, 0.29) is 18.1 Å². The van der Waals surface area contributed by atoms with Gasteiger partial charge in [0.2, 0.25) is 5.95 Å². The van der Waals surface area contributed by atoms with Gasteiger partial charge in [0, 0.05) is 38.5 Å². The largest absolute Gasteiger partial charge is 0.386 e. The predicted molar refractivity (Wildman–Crippen MR) is 86.7 cm³/mol. The average Bonchev–Trinajstić information content (AvgIpc) is 3.22. The minimum Gasteiger partial charge on any atom is -0.386 e. The first-order valence-electron chi connectivity index (χ1n) is 7.96. The SMILES string of the molecule is CCc1cc(C(=O)N(C)C[C@@]2(O)CCN(c3ncccn3)C2)no1. The Kier molecular flexibility index (Phi) is 4.48. The first-order valence-corrected chi connectivity index (χ1v) is 7.96. The lowest BCUT2D eigenvalue weighted by atomic mass is 10.0. The third kappa shape index (κ3) is 3.38. The van der Waals surface area contributed by atoms with Crippen LogP contribution in [0.2, 0.25) is 0 Å². The van der Waals surface area contributed by atoms with Gasteiger partial charge in [-0.15, -0.1) is 0 Å². The summed E-state index contributed by atoms with van der Waals surface area (Å²) >= 11 is 0. The Morgan fingerprint density at radius 1 is 1.46 bits per heavy atom. The number of aliphatic hydroxyl groups is 1. The highest BCUT2D eigenvalue weighted by Gasteiger charge is 2.39. The molecule has 24 heavy (non-hydrogen) atoms. The number of likely N-dealkylation sites (N-methyl/N-ethyl adjacent to an activating group) is 1. The summed E-state index contributed by atoms with van der Waals surface area (Å²) in [6.45, 7) is 3.17. The highest BCUT2D eigenvalue weighted by molar-refractivity contribution is 5.92. The van der Waals surface area contributed by atoms with Crippen molar-refractivity contribution in [1.29, 1.82) is 0 Å². The van der Waals surface area contributed by atoms with Gasteiger partial charge in [-0.25, -0.2) is 9.97 Å². The molecule has 8 nitrogen and oxygen atoms in total. The number of β-amino-alcohol motifs (C(OH)–C–C–N with tert-alkyl or cyclic N) is 1. The number of aromatic nitrogens is 3. The van der Waals surface area contributed by atoms with Crippen LogP contribution < -0.4 is 4.90 Å². The number of aryl methyl sites for hydroxylation is 1. The zero-order valence-electron chi connectivity index (χ0n) is 13.8. The van der Waals surface area contributed by atoms with Crippen molar-refractivity contribution in [3.63, 3.8) is 0 Å². The fourth-order valence-electron chi connectivity index (χ4n) is 2.90. The fraction of sp³-hybridized carbons (Fsp3) is 0.500. The maximum absolute atomic E-state index is 12.4. The van der Waals surface area contributed by atoms with Crippen molar-refractivity contribution in [2.24, 2.45) is 0 Å². The Bertz CT molecular complexity index is 705. The van der Waals surface area contributed by atoms with E-state index < -0.39 is 5.60 Å². The van der Waals surface area contributed by atoms with Crippen LogP contribution in [0, 0.1) is 0 Å². The standard InChI is InChI=1S/C16H21N5O3/c1-3-12-9-13(19-24-12)14(22)20(2)10-16(23)5-8-21(11-16)15-17-6-4-7-18-15/h4,6-7,9,23H,3,5,8,10-11H2,1-2H3/t16-/m0/s1. The molecular formula is C16H21N5O3. The Labute approximate surface area is 140 Å². The summed E-state index contributed by atoms with van der Waals surface area (Å²) < 4.78 is 5.07. The molecule has 3 rings (SSSR count). The highest BCUT2D eigenvalue weighted by atomic mass is 16.5. The van der Waals surface area contributed by atoms with Crippen LogP contribution >= 0.6 is 0 Å². The molecule has 0 spiro atoms. The predicted octanol–water partition coefficient (Wildman–Crippen LogP) is 0.740. The molecule has 1 aliphatic heterocycles. The number of anilines is 1. The summed E-state index contributed by atoms with van der Waals surface area (Å²) in [4.78, 5) is 24.2. The van der Waals surface area contributed by atoms with Gasteiger partial charge in [-0.3, -0.25) is 4.79 Å². The summed E-state index contributed by atoms with van der Waals surface area (Å²) in [7, 11) is 1.66. The van der Waals surface area contributed by atoms with Crippen molar-refractivity contribution in [2.45, 2.75) is 25.4 Å². The molecule has 0 aliphatic carbocycles. The maximum atomic E-state index is 12.4. The van der Waals surface area contributed by atoms with Gasteiger partial charge < -0.3 is 19.4 Å². The second-order valence-corrected chi connectivity index (χ2v) is 6.14. The van der Waals surface area contributed by atoms with E-state index in [1.165, 1.54) is 4.90 Å². The number of carbonyl (C=O) groups excluding carboxylic acids is 1. The van der Waals surface area contributed by atoms with Crippen LogP contribution in [0.15, 0.2) is 29.0 Å². The molecule has 0 radical (unpaired) electrons. The zero-order valence-corrected chi connectivity index (χ0v) is 13.8. The monoisotopic (exact) mass is 331 g/mol. The molecule has 2 aromatic heterocycles. The molecule has 0 saturated carbocycles. The lowest BCUT2D eigenvalue weighted by Crippen LogP contribution is -2.46. The van der Waals surface area contributed by atoms with Gasteiger partial charge in [0.05, 0.1) is 13.1 Å². The van der Waals surface area contributed by atoms with Crippen molar-refractivity contribution in [2.75, 3.05) is 31.6 Å². The third-order valence-electron chi connectivity index (χ3n) is 4.17. The lowest BCUT2D eigenvalue weighted by molar-refractivity contribution is 0.0260. The lowest BCUT2D eigenvalue weighted by Gasteiger charge is -2.28. The maximum Gasteiger partial charge on any atom is 0.275 e. The third-order valence-corrected chi connectivity index (χ3v) is 4.17. The molecule has 1 saturated heterocycles. The number of amides is 1. The minimum atomic E-state index is -0.999. The summed E-state index contributed by atoms with van der Waals surface area (Å²) in [5.74, 6) is 0.992. The normalized spacial score (nSPS) is 20.4. The van der Waals surface area contributed by atoms with Gasteiger partial charge in [0.15, 0.2) is 5.69 Å². The number of rotatable bonds is 5. The number of hydrogen-bond donors (Lipinski definition) is 1. The minimum absolute atomic E-state index is 0.212. The zero-order chi connectivity index (χ0) is 17.2. The quantitative estimate of drug-likeness (QED) is 0.863. The first-order chi connectivity index (χ1) is 11.5. The Balaban J connectivity index is 1.63. The van der Waals surface area contributed by atoms with Gasteiger partial charge in [-0.1, -0.05) is 12.1 Å². The van der Waals surface area contributed by atoms with Gasteiger partial charge >= 0.3 is 0 Å². The summed E-state index contributed by atoms with van der Waals surface area (Å²) in [6, 6.07) is 3.39. The van der Waals surface area contributed by atoms with E-state index in [4.69, 9.17) is 4.52 Å². The molecule has 0 unspecified atom stereocenters. The molecule has 1 N–H and O–H groups in total. The molecule has 0 aromatic carbocycles. The highest BCUT2D eigenvalue weighted by Crippen LogP contribution is 2.25. The van der Waals surface area contributed by atoms with Gasteiger partial charge in [-0.2, -0.15) is 0 Å². The van der Waals surface area contributed by atoms with Crippen LogP contribution in [-0.4, -0.2) is 63.3 Å². The fourth-order valence-corrected chi connectivity index (χ4v) is 2.90. The van der Waals surface area contributed by atoms with Gasteiger partial charge in [0.1, 0.15) is 11.4 Å². The average molecular weight is 331 g/mol. The van der Waals surface area contributed by atoms with E-state index in [9.17, 15) is 9.90 Å². The summed E-state index contributed by atoms with van der Waals surface area (Å²) in [5.41, 5.74) is -0.736. The second-order valence-electron chi connectivity index (χ2n) is 6.14. The van der Waals surface area contributed by atoms with E-state index >= 15 is 0 Å². The second kappa shape index (κ2) is 6.56. The van der Waals surface area contributed by atoms with Crippen molar-refractivity contribution in [3.8, 4) is 0 Å². The first kappa shape index (κ1) is 16.4. The van der Waals surface area contributed by atoms with Crippen LogP contribution in [-0.2, 0) is 6.42 Å². The molecule has 3 heterocycles. The van der Waals surface area contributed by atoms with Crippen LogP contribution in [0.25, 0.3) is 0 Å². The molecule has 1 amide bonds. The molecule has 1 atom stereocenters. The molecule has 128 valence electrons. The molecule has 1 aliphatic rings. The molecule has 1 fully saturated rings. The molecule has 2 aromatic rings. The Morgan fingerprint density at radius 2 is 2.21 bits per heavy atom. The number of carbonyl (C=O) groups is 1. The van der Waals surface area contributed by atoms with Crippen LogP contribution in [0.4, 0.5) is 5.95 Å². The van der Waals surface area contributed by atoms with Gasteiger partial charge in [-0.05, 0) is 12.5 Å². The van der Waals surface area contributed by atoms with E-state index in [1.807, 2.05) is 11.8 Å². The summed E-state index contributed by atoms with van der Waals surface area (Å²) in [5, 5.41) is 14.6. The summed E-state index contributed by atoms with van der Waals surface area (Å²) in [6.07, 6.45) is 4.57. The number of nitrogens with zero attached hydrogens (tertiary/aromatic N) is 5. The van der Waals surface area contributed by atoms with E-state index in [2.05, 4.69) is 15.1 Å². The van der Waals surface area contributed by atoms with Gasteiger partial charge in [0.25, 0.3) is 5.91 Å². The molecular weight excluding hydrogens is 310 g/mol. The van der Waals surface area contributed by atoms with Crippen molar-refractivity contribution >= 4 is 11.9 Å². The number of hydrogen-bond acceptors (Lipinski definition) is 7. The molecule has 8 heteroatoms. The van der Waals surface area contributed by atoms with E-state index in [1.54, 1.807) is 31.6 Å². The van der Waals surface area contributed by atoms with Crippen LogP contribution in [0.3, 0.4) is 0 Å². The van der Waals surface area contributed by atoms with Crippen molar-refractivity contribution < 1.29 is 14.4 Å². The van der Waals surface area contributed by atoms with Crippen LogP contribution in [0.5, 0.6) is 0 Å². The molecule has 0 bridgehead atoms. The van der Waals surface area contributed by atoms with Crippen molar-refractivity contribution in [3.05, 3.63) is 36.0 Å². The topological polar surface area (TPSA) is 95.6 Å². The smallest absolute Gasteiger partial charge is 0.275 e. The van der Waals surface area contributed by atoms with E-state index in [0.717, 1.165) is 0 Å². The van der Waals surface area contributed by atoms with Crippen molar-refractivity contribution in [1.82, 2.24) is 20.0 Å². The Morgan fingerprint density at radius 3 is 2.88 bits per heavy atom. The van der Waals surface area contributed by atoms with Crippen LogP contribution in [0.1, 0.15) is 29.6 Å². The van der Waals surface area contributed by atoms with E-state index in [0.29, 0.717) is 37.6 Å². The Hall–Kier alpha value is -2.48.